The Morgan fingerprint density at radius 2 is 1.91 bits per heavy atom. The molecule has 1 aliphatic rings. The van der Waals surface area contributed by atoms with Crippen LogP contribution in [0.5, 0.6) is 11.5 Å². The molecule has 0 bridgehead atoms. The minimum absolute atomic E-state index is 0.0539. The van der Waals surface area contributed by atoms with Crippen molar-refractivity contribution >= 4 is 47.2 Å². The number of rotatable bonds is 7. The zero-order chi connectivity index (χ0) is 25.1. The fourth-order valence-electron chi connectivity index (χ4n) is 3.29. The number of carboxylic acid groups (broad SMARTS) is 1. The highest BCUT2D eigenvalue weighted by molar-refractivity contribution is 6.39. The Morgan fingerprint density at radius 1 is 1.11 bits per heavy atom. The summed E-state index contributed by atoms with van der Waals surface area (Å²) < 4.78 is 16.1. The number of carbonyl (C=O) groups excluding carboxylic acids is 3. The summed E-state index contributed by atoms with van der Waals surface area (Å²) in [5.74, 6) is -2.15. The van der Waals surface area contributed by atoms with E-state index in [0.29, 0.717) is 22.1 Å². The number of ether oxygens (including phenoxy) is 2. The molecular formula is C24H17ClN2O8. The van der Waals surface area contributed by atoms with Gasteiger partial charge in [-0.3, -0.25) is 14.9 Å². The molecule has 3 aromatic rings. The van der Waals surface area contributed by atoms with Gasteiger partial charge in [-0.05, 0) is 54.1 Å². The van der Waals surface area contributed by atoms with Crippen molar-refractivity contribution in [1.82, 2.24) is 5.32 Å². The zero-order valence-electron chi connectivity index (χ0n) is 18.1. The quantitative estimate of drug-likeness (QED) is 0.371. The van der Waals surface area contributed by atoms with E-state index < -0.39 is 23.8 Å². The number of aromatic carboxylic acids is 1. The number of amides is 4. The Hall–Kier alpha value is -4.57. The van der Waals surface area contributed by atoms with Gasteiger partial charge in [-0.2, -0.15) is 0 Å². The Labute approximate surface area is 203 Å². The molecule has 0 atom stereocenters. The summed E-state index contributed by atoms with van der Waals surface area (Å²) in [6.07, 6.45) is 1.32. The predicted molar refractivity (Wildman–Crippen MR) is 123 cm³/mol. The van der Waals surface area contributed by atoms with Gasteiger partial charge in [-0.25, -0.2) is 14.5 Å². The minimum Gasteiger partial charge on any atom is -0.493 e. The van der Waals surface area contributed by atoms with Crippen molar-refractivity contribution in [3.8, 4) is 11.5 Å². The molecule has 0 saturated carbocycles. The van der Waals surface area contributed by atoms with Crippen LogP contribution in [0.2, 0.25) is 5.02 Å². The van der Waals surface area contributed by atoms with Crippen LogP contribution in [0.4, 0.5) is 10.5 Å². The SMILES string of the molecule is COc1cc(/C=C2\C(=O)NC(=O)N(c3cccc(Cl)c3)C2=O)ccc1OCc1ccc(C(=O)O)o1. The van der Waals surface area contributed by atoms with Crippen LogP contribution in [0.1, 0.15) is 21.9 Å². The highest BCUT2D eigenvalue weighted by Crippen LogP contribution is 2.31. The molecule has 1 saturated heterocycles. The van der Waals surface area contributed by atoms with E-state index in [0.717, 1.165) is 4.90 Å². The lowest BCUT2D eigenvalue weighted by molar-refractivity contribution is -0.122. The van der Waals surface area contributed by atoms with E-state index in [1.807, 2.05) is 0 Å². The molecular weight excluding hydrogens is 480 g/mol. The molecule has 4 amide bonds. The highest BCUT2D eigenvalue weighted by Gasteiger charge is 2.36. The molecule has 2 aromatic carbocycles. The van der Waals surface area contributed by atoms with E-state index in [9.17, 15) is 19.2 Å². The van der Waals surface area contributed by atoms with Gasteiger partial charge < -0.3 is 19.0 Å². The van der Waals surface area contributed by atoms with Gasteiger partial charge in [0.25, 0.3) is 11.8 Å². The van der Waals surface area contributed by atoms with E-state index in [1.54, 1.807) is 24.3 Å². The van der Waals surface area contributed by atoms with Crippen LogP contribution in [0.25, 0.3) is 6.08 Å². The number of hydrogen-bond acceptors (Lipinski definition) is 7. The van der Waals surface area contributed by atoms with Crippen molar-refractivity contribution < 1.29 is 38.2 Å². The second-order valence-corrected chi connectivity index (χ2v) is 7.64. The first-order valence-corrected chi connectivity index (χ1v) is 10.4. The molecule has 2 N–H and O–H groups in total. The second kappa shape index (κ2) is 9.74. The minimum atomic E-state index is -1.19. The second-order valence-electron chi connectivity index (χ2n) is 7.21. The summed E-state index contributed by atoms with van der Waals surface area (Å²) in [5, 5.41) is 11.4. The van der Waals surface area contributed by atoms with Crippen LogP contribution in [0, 0.1) is 0 Å². The smallest absolute Gasteiger partial charge is 0.371 e. The van der Waals surface area contributed by atoms with Crippen LogP contribution >= 0.6 is 11.6 Å². The molecule has 11 heteroatoms. The van der Waals surface area contributed by atoms with Crippen molar-refractivity contribution in [3.05, 3.63) is 82.3 Å². The molecule has 0 unspecified atom stereocenters. The number of furan rings is 1. The molecule has 35 heavy (non-hydrogen) atoms. The van der Waals surface area contributed by atoms with Crippen molar-refractivity contribution in [2.45, 2.75) is 6.61 Å². The third-order valence-electron chi connectivity index (χ3n) is 4.91. The summed E-state index contributed by atoms with van der Waals surface area (Å²) in [7, 11) is 1.41. The molecule has 0 spiro atoms. The number of urea groups is 1. The number of hydrogen-bond donors (Lipinski definition) is 2. The zero-order valence-corrected chi connectivity index (χ0v) is 18.9. The number of methoxy groups -OCH3 is 1. The van der Waals surface area contributed by atoms with Gasteiger partial charge in [0.15, 0.2) is 11.5 Å². The van der Waals surface area contributed by atoms with Gasteiger partial charge >= 0.3 is 12.0 Å². The van der Waals surface area contributed by atoms with Crippen LogP contribution in [0.3, 0.4) is 0 Å². The molecule has 0 aliphatic carbocycles. The molecule has 178 valence electrons. The average Bonchev–Trinajstić information content (AvgIpc) is 3.30. The third kappa shape index (κ3) is 5.02. The van der Waals surface area contributed by atoms with Crippen molar-refractivity contribution in [2.24, 2.45) is 0 Å². The summed E-state index contributed by atoms with van der Waals surface area (Å²) in [6.45, 7) is -0.0539. The monoisotopic (exact) mass is 496 g/mol. The molecule has 1 aromatic heterocycles. The normalized spacial score (nSPS) is 14.7. The summed E-state index contributed by atoms with van der Waals surface area (Å²) in [5.41, 5.74) is 0.375. The van der Waals surface area contributed by atoms with Gasteiger partial charge in [0.1, 0.15) is 17.9 Å². The van der Waals surface area contributed by atoms with Crippen molar-refractivity contribution in [3.63, 3.8) is 0 Å². The molecule has 1 aliphatic heterocycles. The number of nitrogens with one attached hydrogen (secondary N) is 1. The van der Waals surface area contributed by atoms with Crippen LogP contribution in [-0.4, -0.2) is 36.0 Å². The maximum Gasteiger partial charge on any atom is 0.371 e. The Kier molecular flexibility index (Phi) is 6.56. The number of benzene rings is 2. The van der Waals surface area contributed by atoms with Crippen molar-refractivity contribution in [2.75, 3.05) is 12.0 Å². The maximum atomic E-state index is 13.0. The number of anilines is 1. The lowest BCUT2D eigenvalue weighted by Crippen LogP contribution is -2.54. The Bertz CT molecular complexity index is 1380. The van der Waals surface area contributed by atoms with Crippen LogP contribution < -0.4 is 19.7 Å². The van der Waals surface area contributed by atoms with Gasteiger partial charge in [-0.15, -0.1) is 0 Å². The fraction of sp³-hybridized carbons (Fsp3) is 0.0833. The number of nitrogens with zero attached hydrogens (tertiary/aromatic N) is 1. The summed E-state index contributed by atoms with van der Waals surface area (Å²) >= 11 is 5.97. The Morgan fingerprint density at radius 3 is 2.60 bits per heavy atom. The average molecular weight is 497 g/mol. The van der Waals surface area contributed by atoms with E-state index >= 15 is 0 Å². The maximum absolute atomic E-state index is 13.0. The standard InChI is InChI=1S/C24H17ClN2O8/c1-33-20-10-13(5-7-18(20)34-12-16-6-8-19(35-16)23(30)31)9-17-21(28)26-24(32)27(22(17)29)15-4-2-3-14(25)11-15/h2-11H,12H2,1H3,(H,30,31)(H,26,28,32)/b17-9+. The van der Waals surface area contributed by atoms with E-state index in [1.165, 1.54) is 43.5 Å². The van der Waals surface area contributed by atoms with Gasteiger partial charge in [0.05, 0.1) is 12.8 Å². The number of halogens is 1. The number of barbiturate groups is 1. The van der Waals surface area contributed by atoms with E-state index in [-0.39, 0.29) is 29.4 Å². The van der Waals surface area contributed by atoms with Crippen LogP contribution in [-0.2, 0) is 16.2 Å². The number of carbonyl (C=O) groups is 4. The number of carboxylic acids is 1. The lowest BCUT2D eigenvalue weighted by atomic mass is 10.1. The fourth-order valence-corrected chi connectivity index (χ4v) is 3.47. The van der Waals surface area contributed by atoms with Crippen molar-refractivity contribution in [1.29, 1.82) is 0 Å². The first-order chi connectivity index (χ1) is 16.8. The summed E-state index contributed by atoms with van der Waals surface area (Å²) in [4.78, 5) is 49.5. The molecule has 10 nitrogen and oxygen atoms in total. The lowest BCUT2D eigenvalue weighted by Gasteiger charge is -2.26. The molecule has 2 heterocycles. The first kappa shape index (κ1) is 23.6. The van der Waals surface area contributed by atoms with Gasteiger partial charge in [0, 0.05) is 5.02 Å². The number of imide groups is 2. The largest absolute Gasteiger partial charge is 0.493 e. The summed E-state index contributed by atoms with van der Waals surface area (Å²) in [6, 6.07) is 12.7. The molecule has 1 fully saturated rings. The third-order valence-corrected chi connectivity index (χ3v) is 5.14. The van der Waals surface area contributed by atoms with E-state index in [2.05, 4.69) is 5.32 Å². The molecule has 0 radical (unpaired) electrons. The Balaban J connectivity index is 1.57. The highest BCUT2D eigenvalue weighted by atomic mass is 35.5. The van der Waals surface area contributed by atoms with Gasteiger partial charge in [0.2, 0.25) is 5.76 Å². The van der Waals surface area contributed by atoms with Crippen LogP contribution in [0.15, 0.2) is 64.6 Å². The molecule has 4 rings (SSSR count). The predicted octanol–water partition coefficient (Wildman–Crippen LogP) is 3.89. The van der Waals surface area contributed by atoms with Gasteiger partial charge in [-0.1, -0.05) is 23.7 Å². The topological polar surface area (TPSA) is 135 Å². The van der Waals surface area contributed by atoms with E-state index in [4.69, 9.17) is 30.6 Å². The first-order valence-electron chi connectivity index (χ1n) is 10.1.